The number of hydrogen-bond acceptors (Lipinski definition) is 4. The summed E-state index contributed by atoms with van der Waals surface area (Å²) in [5.74, 6) is -1.34. The van der Waals surface area contributed by atoms with E-state index in [-0.39, 0.29) is 30.7 Å². The molecule has 8 heteroatoms. The van der Waals surface area contributed by atoms with Gasteiger partial charge in [-0.1, -0.05) is 12.1 Å². The van der Waals surface area contributed by atoms with Crippen LogP contribution in [0.1, 0.15) is 58.6 Å². The van der Waals surface area contributed by atoms with Crippen LogP contribution < -0.4 is 5.32 Å². The molecule has 36 heavy (non-hydrogen) atoms. The van der Waals surface area contributed by atoms with Gasteiger partial charge in [0.05, 0.1) is 0 Å². The lowest BCUT2D eigenvalue weighted by molar-refractivity contribution is -0.136. The normalized spacial score (nSPS) is 21.3. The predicted molar refractivity (Wildman–Crippen MR) is 133 cm³/mol. The molecule has 1 N–H and O–H groups in total. The quantitative estimate of drug-likeness (QED) is 0.571. The molecular formula is C28H29FN4O3. The number of amides is 3. The number of hydrogen-bond donors (Lipinski definition) is 1. The minimum Gasteiger partial charge on any atom is -0.351 e. The summed E-state index contributed by atoms with van der Waals surface area (Å²) in [4.78, 5) is 41.0. The molecule has 0 radical (unpaired) electrons. The van der Waals surface area contributed by atoms with Crippen LogP contribution in [0.15, 0.2) is 42.6 Å². The molecule has 186 valence electrons. The van der Waals surface area contributed by atoms with E-state index in [2.05, 4.69) is 52.3 Å². The van der Waals surface area contributed by atoms with Crippen molar-refractivity contribution >= 4 is 28.6 Å². The standard InChI is InChI=1S/C28H29FN4O3/c1-31-9-6-19-3-2-17(12-25(19)31)15-32-10-7-18(8-11-32)21-13-20(29)14-22-23(21)16-33(28(22)36)24-4-5-26(34)30-27(24)35/h2-3,6,9,12-14,18,24H,4-5,7-8,10-11,15-16H2,1H3,(H,30,34,35). The summed E-state index contributed by atoms with van der Waals surface area (Å²) < 4.78 is 16.8. The Morgan fingerprint density at radius 2 is 1.83 bits per heavy atom. The first kappa shape index (κ1) is 22.9. The molecule has 2 saturated heterocycles. The fraction of sp³-hybridized carbons (Fsp3) is 0.393. The highest BCUT2D eigenvalue weighted by atomic mass is 19.1. The van der Waals surface area contributed by atoms with Crippen molar-refractivity contribution in [2.45, 2.75) is 50.7 Å². The Bertz CT molecular complexity index is 1390. The highest BCUT2D eigenvalue weighted by Gasteiger charge is 2.41. The Hall–Kier alpha value is -3.52. The van der Waals surface area contributed by atoms with E-state index in [1.54, 1.807) is 6.07 Å². The number of carbonyl (C=O) groups excluding carboxylic acids is 3. The second-order valence-electron chi connectivity index (χ2n) is 10.3. The third-order valence-corrected chi connectivity index (χ3v) is 8.04. The highest BCUT2D eigenvalue weighted by Crippen LogP contribution is 2.38. The number of aromatic nitrogens is 1. The van der Waals surface area contributed by atoms with Crippen LogP contribution in [-0.2, 0) is 29.7 Å². The number of aryl methyl sites for hydroxylation is 1. The van der Waals surface area contributed by atoms with Crippen molar-refractivity contribution < 1.29 is 18.8 Å². The Morgan fingerprint density at radius 3 is 2.61 bits per heavy atom. The molecule has 0 spiro atoms. The number of carbonyl (C=O) groups is 3. The first-order valence-electron chi connectivity index (χ1n) is 12.6. The zero-order chi connectivity index (χ0) is 25.0. The monoisotopic (exact) mass is 488 g/mol. The summed E-state index contributed by atoms with van der Waals surface area (Å²) in [5.41, 5.74) is 4.58. The van der Waals surface area contributed by atoms with Crippen LogP contribution in [0.3, 0.4) is 0 Å². The molecule has 4 heterocycles. The number of fused-ring (bicyclic) bond motifs is 2. The molecule has 0 aliphatic carbocycles. The zero-order valence-electron chi connectivity index (χ0n) is 20.3. The SMILES string of the molecule is Cn1ccc2ccc(CN3CCC(c4cc(F)cc5c4CN(C4CCC(=O)NC4=O)C5=O)CC3)cc21. The van der Waals surface area contributed by atoms with Crippen molar-refractivity contribution in [3.8, 4) is 0 Å². The summed E-state index contributed by atoms with van der Waals surface area (Å²) >= 11 is 0. The fourth-order valence-electron chi connectivity index (χ4n) is 6.08. The molecule has 1 atom stereocenters. The number of nitrogens with zero attached hydrogens (tertiary/aromatic N) is 3. The van der Waals surface area contributed by atoms with Crippen LogP contribution in [0.5, 0.6) is 0 Å². The smallest absolute Gasteiger partial charge is 0.255 e. The fourth-order valence-corrected chi connectivity index (χ4v) is 6.08. The zero-order valence-corrected chi connectivity index (χ0v) is 20.3. The van der Waals surface area contributed by atoms with E-state index in [0.717, 1.165) is 43.6 Å². The Morgan fingerprint density at radius 1 is 1.03 bits per heavy atom. The topological polar surface area (TPSA) is 74.7 Å². The highest BCUT2D eigenvalue weighted by molar-refractivity contribution is 6.05. The second kappa shape index (κ2) is 8.85. The van der Waals surface area contributed by atoms with E-state index in [0.29, 0.717) is 12.0 Å². The van der Waals surface area contributed by atoms with Gasteiger partial charge in [-0.3, -0.25) is 24.6 Å². The van der Waals surface area contributed by atoms with Gasteiger partial charge in [0.25, 0.3) is 5.91 Å². The van der Waals surface area contributed by atoms with E-state index in [1.165, 1.54) is 27.4 Å². The van der Waals surface area contributed by atoms with Crippen molar-refractivity contribution in [1.29, 1.82) is 0 Å². The van der Waals surface area contributed by atoms with Crippen LogP contribution in [-0.4, -0.2) is 51.2 Å². The summed E-state index contributed by atoms with van der Waals surface area (Å²) in [6.07, 6.45) is 4.34. The predicted octanol–water partition coefficient (Wildman–Crippen LogP) is 3.46. The number of imide groups is 1. The maximum atomic E-state index is 14.6. The number of rotatable bonds is 4. The Balaban J connectivity index is 1.17. The number of likely N-dealkylation sites (tertiary alicyclic amines) is 1. The summed E-state index contributed by atoms with van der Waals surface area (Å²) in [6, 6.07) is 10.9. The van der Waals surface area contributed by atoms with Crippen molar-refractivity contribution in [2.24, 2.45) is 7.05 Å². The summed E-state index contributed by atoms with van der Waals surface area (Å²) in [7, 11) is 2.06. The number of nitrogens with one attached hydrogen (secondary N) is 1. The van der Waals surface area contributed by atoms with Gasteiger partial charge in [-0.15, -0.1) is 0 Å². The van der Waals surface area contributed by atoms with E-state index in [4.69, 9.17) is 0 Å². The van der Waals surface area contributed by atoms with Crippen LogP contribution >= 0.6 is 0 Å². The van der Waals surface area contributed by atoms with Crippen molar-refractivity contribution in [3.05, 3.63) is 70.7 Å². The largest absolute Gasteiger partial charge is 0.351 e. The number of piperidine rings is 2. The molecular weight excluding hydrogens is 459 g/mol. The maximum absolute atomic E-state index is 14.6. The third-order valence-electron chi connectivity index (χ3n) is 8.04. The lowest BCUT2D eigenvalue weighted by Gasteiger charge is -2.33. The molecule has 3 aromatic rings. The Labute approximate surface area is 208 Å². The molecule has 3 aliphatic rings. The van der Waals surface area contributed by atoms with Crippen LogP contribution in [0.4, 0.5) is 4.39 Å². The van der Waals surface area contributed by atoms with E-state index < -0.39 is 17.8 Å². The van der Waals surface area contributed by atoms with E-state index >= 15 is 0 Å². The van der Waals surface area contributed by atoms with Gasteiger partial charge in [-0.2, -0.15) is 0 Å². The van der Waals surface area contributed by atoms with Gasteiger partial charge in [-0.25, -0.2) is 4.39 Å². The van der Waals surface area contributed by atoms with Gasteiger partial charge >= 0.3 is 0 Å². The van der Waals surface area contributed by atoms with Crippen LogP contribution in [0, 0.1) is 5.82 Å². The van der Waals surface area contributed by atoms with Gasteiger partial charge in [0.1, 0.15) is 11.9 Å². The average Bonchev–Trinajstić information content (AvgIpc) is 3.39. The van der Waals surface area contributed by atoms with Crippen LogP contribution in [0.25, 0.3) is 10.9 Å². The molecule has 2 fully saturated rings. The summed E-state index contributed by atoms with van der Waals surface area (Å²) in [6.45, 7) is 2.95. The number of halogens is 1. The molecule has 0 saturated carbocycles. The lowest BCUT2D eigenvalue weighted by atomic mass is 9.85. The first-order valence-corrected chi connectivity index (χ1v) is 12.6. The van der Waals surface area contributed by atoms with Crippen molar-refractivity contribution in [2.75, 3.05) is 13.1 Å². The molecule has 1 aromatic heterocycles. The van der Waals surface area contributed by atoms with Crippen molar-refractivity contribution in [3.63, 3.8) is 0 Å². The van der Waals surface area contributed by atoms with Gasteiger partial charge in [-0.05, 0) is 84.6 Å². The van der Waals surface area contributed by atoms with E-state index in [1.807, 2.05) is 0 Å². The molecule has 1 unspecified atom stereocenters. The molecule has 3 aliphatic heterocycles. The first-order chi connectivity index (χ1) is 17.4. The van der Waals surface area contributed by atoms with Gasteiger partial charge in [0, 0.05) is 43.8 Å². The Kier molecular flexibility index (Phi) is 5.63. The molecule has 7 nitrogen and oxygen atoms in total. The second-order valence-corrected chi connectivity index (χ2v) is 10.3. The van der Waals surface area contributed by atoms with Crippen molar-refractivity contribution in [1.82, 2.24) is 19.7 Å². The van der Waals surface area contributed by atoms with Crippen LogP contribution in [0.2, 0.25) is 0 Å². The number of benzene rings is 2. The van der Waals surface area contributed by atoms with Gasteiger partial charge in [0.2, 0.25) is 11.8 Å². The molecule has 6 rings (SSSR count). The average molecular weight is 489 g/mol. The van der Waals surface area contributed by atoms with Gasteiger partial charge < -0.3 is 9.47 Å². The lowest BCUT2D eigenvalue weighted by Crippen LogP contribution is -2.52. The maximum Gasteiger partial charge on any atom is 0.255 e. The molecule has 2 aromatic carbocycles. The minimum absolute atomic E-state index is 0.163. The molecule has 3 amide bonds. The molecule has 0 bridgehead atoms. The van der Waals surface area contributed by atoms with E-state index in [9.17, 15) is 18.8 Å². The third kappa shape index (κ3) is 3.99. The minimum atomic E-state index is -0.693. The summed E-state index contributed by atoms with van der Waals surface area (Å²) in [5, 5.41) is 3.56. The van der Waals surface area contributed by atoms with Gasteiger partial charge in [0.15, 0.2) is 0 Å².